The van der Waals surface area contributed by atoms with Gasteiger partial charge in [0.1, 0.15) is 5.69 Å². The van der Waals surface area contributed by atoms with Crippen LogP contribution in [0.25, 0.3) is 60.8 Å². The molecule has 0 N–H and O–H groups in total. The topological polar surface area (TPSA) is 14.8 Å². The molecule has 1 aliphatic heterocycles. The number of hydrogen-bond donors (Lipinski definition) is 0. The summed E-state index contributed by atoms with van der Waals surface area (Å²) in [6.07, 6.45) is 9.02. The minimum Gasteiger partial charge on any atom is -0.292 e. The second-order valence-corrected chi connectivity index (χ2v) is 10.6. The molecular formula is C36H25N3. The van der Waals surface area contributed by atoms with E-state index in [1.807, 2.05) is 0 Å². The van der Waals surface area contributed by atoms with E-state index >= 15 is 0 Å². The van der Waals surface area contributed by atoms with Gasteiger partial charge in [-0.15, -0.1) is 0 Å². The van der Waals surface area contributed by atoms with Crippen LogP contribution >= 0.6 is 0 Å². The Kier molecular flexibility index (Phi) is 4.17. The van der Waals surface area contributed by atoms with Gasteiger partial charge in [-0.05, 0) is 34.0 Å². The Hall–Kier alpha value is -5.02. The Bertz CT molecular complexity index is 2120. The zero-order chi connectivity index (χ0) is 25.5. The summed E-state index contributed by atoms with van der Waals surface area (Å²) in [5.41, 5.74) is 7.49. The molecule has 0 bridgehead atoms. The number of nitrogens with zero attached hydrogens (tertiary/aromatic N) is 3. The van der Waals surface area contributed by atoms with Gasteiger partial charge >= 0.3 is 0 Å². The number of hydrogen-bond acceptors (Lipinski definition) is 0. The maximum absolute atomic E-state index is 2.52. The van der Waals surface area contributed by atoms with Gasteiger partial charge < -0.3 is 0 Å². The van der Waals surface area contributed by atoms with E-state index in [0.29, 0.717) is 12.1 Å². The highest BCUT2D eigenvalue weighted by Crippen LogP contribution is 2.52. The van der Waals surface area contributed by atoms with E-state index in [1.165, 1.54) is 60.8 Å². The van der Waals surface area contributed by atoms with Crippen molar-refractivity contribution >= 4 is 32.6 Å². The van der Waals surface area contributed by atoms with Gasteiger partial charge in [0, 0.05) is 16.3 Å². The van der Waals surface area contributed by atoms with Crippen LogP contribution in [0.15, 0.2) is 140 Å². The lowest BCUT2D eigenvalue weighted by molar-refractivity contribution is 0.186. The van der Waals surface area contributed by atoms with Crippen LogP contribution in [0.3, 0.4) is 0 Å². The molecule has 39 heavy (non-hydrogen) atoms. The average Bonchev–Trinajstić information content (AvgIpc) is 3.32. The third kappa shape index (κ3) is 2.77. The fourth-order valence-electron chi connectivity index (χ4n) is 6.81. The summed E-state index contributed by atoms with van der Waals surface area (Å²) >= 11 is 0. The molecule has 0 saturated carbocycles. The largest absolute Gasteiger partial charge is 0.292 e. The van der Waals surface area contributed by atoms with Crippen LogP contribution in [-0.2, 0) is 0 Å². The highest BCUT2D eigenvalue weighted by atomic mass is 15.6. The monoisotopic (exact) mass is 499 g/mol. The first-order valence-electron chi connectivity index (χ1n) is 13.6. The molecular weight excluding hydrogens is 474 g/mol. The number of fused-ring (bicyclic) bond motifs is 9. The quantitative estimate of drug-likeness (QED) is 0.230. The first-order valence-corrected chi connectivity index (χ1v) is 13.6. The van der Waals surface area contributed by atoms with Crippen LogP contribution < -0.4 is 0 Å². The highest BCUT2D eigenvalue weighted by Gasteiger charge is 2.44. The summed E-state index contributed by atoms with van der Waals surface area (Å²) in [5, 5.41) is 5.17. The van der Waals surface area contributed by atoms with Crippen molar-refractivity contribution in [1.82, 2.24) is 13.9 Å². The van der Waals surface area contributed by atoms with E-state index in [4.69, 9.17) is 0 Å². The van der Waals surface area contributed by atoms with Gasteiger partial charge in [-0.25, -0.2) is 0 Å². The molecule has 0 amide bonds. The van der Waals surface area contributed by atoms with E-state index in [9.17, 15) is 0 Å². The lowest BCUT2D eigenvalue weighted by atomic mass is 9.94. The molecule has 2 aromatic heterocycles. The standard InChI is InChI=1S/C36H25N3/c1-3-11-24(12-4-1)27-19-21-29-33(23-27)37(32-22-20-25-13-7-8-16-28(25)34(29)32)36-35(26-14-5-2-6-15-26)38-30-17-9-10-18-31(30)39(36)38/h1-23,30-31H. The fraction of sp³-hybridized carbons (Fsp3) is 0.0556. The summed E-state index contributed by atoms with van der Waals surface area (Å²) in [6, 6.07) is 42.6. The fourth-order valence-corrected chi connectivity index (χ4v) is 6.81. The van der Waals surface area contributed by atoms with Crippen LogP contribution in [0, 0.1) is 0 Å². The molecule has 0 radical (unpaired) electrons. The Morgan fingerprint density at radius 1 is 0.487 bits per heavy atom. The third-order valence-corrected chi connectivity index (χ3v) is 8.55. The number of aromatic nitrogens is 3. The molecule has 9 rings (SSSR count). The number of benzene rings is 5. The van der Waals surface area contributed by atoms with Gasteiger partial charge in [-0.2, -0.15) is 0 Å². The molecule has 3 heteroatoms. The van der Waals surface area contributed by atoms with Gasteiger partial charge in [-0.3, -0.25) is 13.9 Å². The van der Waals surface area contributed by atoms with Crippen molar-refractivity contribution in [1.29, 1.82) is 0 Å². The van der Waals surface area contributed by atoms with E-state index in [0.717, 1.165) is 0 Å². The van der Waals surface area contributed by atoms with Crippen LogP contribution in [-0.4, -0.2) is 13.9 Å². The van der Waals surface area contributed by atoms with Crippen molar-refractivity contribution in [3.05, 3.63) is 140 Å². The summed E-state index contributed by atoms with van der Waals surface area (Å²) in [7, 11) is 0. The Morgan fingerprint density at radius 2 is 1.18 bits per heavy atom. The molecule has 5 aromatic carbocycles. The van der Waals surface area contributed by atoms with Crippen LogP contribution in [0.4, 0.5) is 0 Å². The van der Waals surface area contributed by atoms with Gasteiger partial charge in [-0.1, -0.05) is 127 Å². The lowest BCUT2D eigenvalue weighted by Crippen LogP contribution is -2.48. The SMILES string of the molecule is C1=CC2C(C=C1)n1c(-n3c4cc(-c5ccccc5)ccc4c4c5ccccc5ccc43)c(-c3ccccc3)n12. The maximum Gasteiger partial charge on any atom is 0.159 e. The van der Waals surface area contributed by atoms with Crippen LogP contribution in [0.1, 0.15) is 12.1 Å². The minimum atomic E-state index is 0.336. The van der Waals surface area contributed by atoms with Gasteiger partial charge in [0.05, 0.1) is 23.1 Å². The molecule has 2 aliphatic rings. The molecule has 3 nitrogen and oxygen atoms in total. The molecule has 184 valence electrons. The Labute approximate surface area is 226 Å². The van der Waals surface area contributed by atoms with Crippen molar-refractivity contribution in [3.8, 4) is 28.2 Å². The molecule has 0 spiro atoms. The molecule has 1 aliphatic carbocycles. The van der Waals surface area contributed by atoms with Gasteiger partial charge in [0.25, 0.3) is 0 Å². The van der Waals surface area contributed by atoms with Gasteiger partial charge in [0.15, 0.2) is 5.82 Å². The maximum atomic E-state index is 2.52. The normalized spacial score (nSPS) is 17.5. The zero-order valence-electron chi connectivity index (χ0n) is 21.3. The van der Waals surface area contributed by atoms with E-state index < -0.39 is 0 Å². The predicted octanol–water partition coefficient (Wildman–Crippen LogP) is 9.10. The highest BCUT2D eigenvalue weighted by molar-refractivity contribution is 6.21. The van der Waals surface area contributed by atoms with Crippen molar-refractivity contribution in [2.24, 2.45) is 0 Å². The third-order valence-electron chi connectivity index (χ3n) is 8.55. The number of rotatable bonds is 3. The van der Waals surface area contributed by atoms with Crippen LogP contribution in [0.2, 0.25) is 0 Å². The van der Waals surface area contributed by atoms with Crippen molar-refractivity contribution in [3.63, 3.8) is 0 Å². The second kappa shape index (κ2) is 7.75. The smallest absolute Gasteiger partial charge is 0.159 e. The molecule has 2 atom stereocenters. The molecule has 2 unspecified atom stereocenters. The first-order chi connectivity index (χ1) is 19.4. The molecule has 3 heterocycles. The molecule has 0 fully saturated rings. The minimum absolute atomic E-state index is 0.336. The van der Waals surface area contributed by atoms with Crippen LogP contribution in [0.5, 0.6) is 0 Å². The Morgan fingerprint density at radius 3 is 1.97 bits per heavy atom. The van der Waals surface area contributed by atoms with E-state index in [-0.39, 0.29) is 0 Å². The summed E-state index contributed by atoms with van der Waals surface area (Å²) in [4.78, 5) is 0. The average molecular weight is 500 g/mol. The van der Waals surface area contributed by atoms with Crippen molar-refractivity contribution < 1.29 is 0 Å². The second-order valence-electron chi connectivity index (χ2n) is 10.6. The van der Waals surface area contributed by atoms with Crippen molar-refractivity contribution in [2.75, 3.05) is 0 Å². The predicted molar refractivity (Wildman–Crippen MR) is 161 cm³/mol. The van der Waals surface area contributed by atoms with E-state index in [2.05, 4.69) is 153 Å². The number of allylic oxidation sites excluding steroid dienone is 4. The first kappa shape index (κ1) is 21.0. The molecule has 0 saturated heterocycles. The Balaban J connectivity index is 1.42. The zero-order valence-corrected chi connectivity index (χ0v) is 21.3. The van der Waals surface area contributed by atoms with Crippen molar-refractivity contribution in [2.45, 2.75) is 12.1 Å². The molecule has 7 aromatic rings. The summed E-state index contributed by atoms with van der Waals surface area (Å²) in [6.45, 7) is 0. The summed E-state index contributed by atoms with van der Waals surface area (Å²) in [5.74, 6) is 1.25. The van der Waals surface area contributed by atoms with E-state index in [1.54, 1.807) is 0 Å². The lowest BCUT2D eigenvalue weighted by Gasteiger charge is -2.51. The summed E-state index contributed by atoms with van der Waals surface area (Å²) < 4.78 is 7.47. The van der Waals surface area contributed by atoms with Gasteiger partial charge in [0.2, 0.25) is 0 Å².